The van der Waals surface area contributed by atoms with Crippen molar-refractivity contribution in [3.05, 3.63) is 66.6 Å². The van der Waals surface area contributed by atoms with E-state index in [1.165, 1.54) is 0 Å². The Morgan fingerprint density at radius 2 is 1.96 bits per heavy atom. The van der Waals surface area contributed by atoms with Crippen molar-refractivity contribution in [3.8, 4) is 5.75 Å². The lowest BCUT2D eigenvalue weighted by Crippen LogP contribution is -2.37. The standard InChI is InChI=1S/C19H19NO3/c1-2-18(19(21)20-13-17-8-5-11-22-17)23-16-10-9-14-6-3-4-7-15(14)12-16/h3-12,18H,2,13H2,1H3,(H,20,21). The van der Waals surface area contributed by atoms with Gasteiger partial charge in [-0.15, -0.1) is 0 Å². The molecule has 0 aliphatic carbocycles. The van der Waals surface area contributed by atoms with Crippen LogP contribution in [-0.4, -0.2) is 12.0 Å². The molecule has 0 saturated carbocycles. The highest BCUT2D eigenvalue weighted by Crippen LogP contribution is 2.22. The van der Waals surface area contributed by atoms with E-state index in [4.69, 9.17) is 9.15 Å². The minimum Gasteiger partial charge on any atom is -0.481 e. The van der Waals surface area contributed by atoms with Gasteiger partial charge in [0.25, 0.3) is 5.91 Å². The molecule has 0 bridgehead atoms. The smallest absolute Gasteiger partial charge is 0.261 e. The average molecular weight is 309 g/mol. The van der Waals surface area contributed by atoms with E-state index in [1.807, 2.05) is 55.5 Å². The maximum absolute atomic E-state index is 12.3. The number of carbonyl (C=O) groups is 1. The Balaban J connectivity index is 1.66. The van der Waals surface area contributed by atoms with Crippen LogP contribution in [0.15, 0.2) is 65.3 Å². The molecule has 0 aliphatic rings. The summed E-state index contributed by atoms with van der Waals surface area (Å²) in [5.41, 5.74) is 0. The Kier molecular flexibility index (Phi) is 4.62. The zero-order valence-corrected chi connectivity index (χ0v) is 13.0. The van der Waals surface area contributed by atoms with Gasteiger partial charge < -0.3 is 14.5 Å². The van der Waals surface area contributed by atoms with Crippen molar-refractivity contribution >= 4 is 16.7 Å². The van der Waals surface area contributed by atoms with Gasteiger partial charge in [0, 0.05) is 0 Å². The van der Waals surface area contributed by atoms with Crippen molar-refractivity contribution < 1.29 is 13.9 Å². The molecule has 1 aromatic heterocycles. The number of hydrogen-bond acceptors (Lipinski definition) is 3. The van der Waals surface area contributed by atoms with Crippen molar-refractivity contribution in [2.45, 2.75) is 26.0 Å². The molecule has 3 rings (SSSR count). The second kappa shape index (κ2) is 7.01. The first-order chi connectivity index (χ1) is 11.3. The topological polar surface area (TPSA) is 51.5 Å². The van der Waals surface area contributed by atoms with E-state index >= 15 is 0 Å². The summed E-state index contributed by atoms with van der Waals surface area (Å²) in [4.78, 5) is 12.3. The summed E-state index contributed by atoms with van der Waals surface area (Å²) in [5.74, 6) is 1.28. The van der Waals surface area contributed by atoms with Crippen LogP contribution in [-0.2, 0) is 11.3 Å². The number of ether oxygens (including phenoxy) is 1. The molecule has 4 nitrogen and oxygen atoms in total. The van der Waals surface area contributed by atoms with Crippen LogP contribution in [0.3, 0.4) is 0 Å². The fraction of sp³-hybridized carbons (Fsp3) is 0.211. The van der Waals surface area contributed by atoms with Crippen LogP contribution < -0.4 is 10.1 Å². The molecule has 3 aromatic rings. The summed E-state index contributed by atoms with van der Waals surface area (Å²) >= 11 is 0. The van der Waals surface area contributed by atoms with Gasteiger partial charge in [0.15, 0.2) is 6.10 Å². The molecule has 1 atom stereocenters. The van der Waals surface area contributed by atoms with Crippen LogP contribution in [0.2, 0.25) is 0 Å². The number of nitrogens with one attached hydrogen (secondary N) is 1. The minimum absolute atomic E-state index is 0.142. The van der Waals surface area contributed by atoms with E-state index < -0.39 is 6.10 Å². The number of carbonyl (C=O) groups excluding carboxylic acids is 1. The van der Waals surface area contributed by atoms with Gasteiger partial charge in [-0.25, -0.2) is 0 Å². The maximum atomic E-state index is 12.3. The molecule has 1 amide bonds. The van der Waals surface area contributed by atoms with Gasteiger partial charge in [-0.2, -0.15) is 0 Å². The Bertz CT molecular complexity index is 780. The number of benzene rings is 2. The number of furan rings is 1. The normalized spacial score (nSPS) is 12.0. The van der Waals surface area contributed by atoms with Crippen LogP contribution in [0.5, 0.6) is 5.75 Å². The van der Waals surface area contributed by atoms with Crippen LogP contribution in [0.1, 0.15) is 19.1 Å². The van der Waals surface area contributed by atoms with Gasteiger partial charge in [-0.3, -0.25) is 4.79 Å². The average Bonchev–Trinajstić information content (AvgIpc) is 3.11. The largest absolute Gasteiger partial charge is 0.481 e. The molecule has 0 fully saturated rings. The molecule has 118 valence electrons. The minimum atomic E-state index is -0.522. The number of fused-ring (bicyclic) bond motifs is 1. The van der Waals surface area contributed by atoms with E-state index in [2.05, 4.69) is 5.32 Å². The number of rotatable bonds is 6. The fourth-order valence-corrected chi connectivity index (χ4v) is 2.43. The Morgan fingerprint density at radius 1 is 1.13 bits per heavy atom. The highest BCUT2D eigenvalue weighted by molar-refractivity contribution is 5.84. The number of hydrogen-bond donors (Lipinski definition) is 1. The van der Waals surface area contributed by atoms with E-state index in [9.17, 15) is 4.79 Å². The van der Waals surface area contributed by atoms with E-state index in [1.54, 1.807) is 12.3 Å². The number of amides is 1. The molecular formula is C19H19NO3. The zero-order valence-electron chi connectivity index (χ0n) is 13.0. The first kappa shape index (κ1) is 15.2. The lowest BCUT2D eigenvalue weighted by Gasteiger charge is -2.17. The molecule has 0 aliphatic heterocycles. The first-order valence-electron chi connectivity index (χ1n) is 7.72. The molecule has 1 heterocycles. The monoisotopic (exact) mass is 309 g/mol. The van der Waals surface area contributed by atoms with Gasteiger partial charge in [0.2, 0.25) is 0 Å². The summed E-state index contributed by atoms with van der Waals surface area (Å²) in [6.45, 7) is 2.29. The Morgan fingerprint density at radius 3 is 2.70 bits per heavy atom. The molecule has 4 heteroatoms. The summed E-state index contributed by atoms with van der Waals surface area (Å²) in [6.07, 6.45) is 1.66. The highest BCUT2D eigenvalue weighted by atomic mass is 16.5. The molecule has 0 spiro atoms. The summed E-state index contributed by atoms with van der Waals surface area (Å²) in [5, 5.41) is 5.08. The third kappa shape index (κ3) is 3.72. The van der Waals surface area contributed by atoms with Crippen LogP contribution >= 0.6 is 0 Å². The van der Waals surface area contributed by atoms with E-state index in [0.717, 1.165) is 16.5 Å². The third-order valence-corrected chi connectivity index (χ3v) is 3.68. The van der Waals surface area contributed by atoms with Crippen molar-refractivity contribution in [3.63, 3.8) is 0 Å². The molecular weight excluding hydrogens is 290 g/mol. The molecule has 1 N–H and O–H groups in total. The van der Waals surface area contributed by atoms with Crippen molar-refractivity contribution in [1.29, 1.82) is 0 Å². The highest BCUT2D eigenvalue weighted by Gasteiger charge is 2.18. The summed E-state index contributed by atoms with van der Waals surface area (Å²) in [6, 6.07) is 17.5. The molecule has 2 aromatic carbocycles. The SMILES string of the molecule is CCC(Oc1ccc2ccccc2c1)C(=O)NCc1ccco1. The zero-order chi connectivity index (χ0) is 16.1. The second-order valence-corrected chi connectivity index (χ2v) is 5.32. The predicted molar refractivity (Wildman–Crippen MR) is 89.2 cm³/mol. The third-order valence-electron chi connectivity index (χ3n) is 3.68. The molecule has 23 heavy (non-hydrogen) atoms. The van der Waals surface area contributed by atoms with Crippen LogP contribution in [0.25, 0.3) is 10.8 Å². The van der Waals surface area contributed by atoms with Gasteiger partial charge in [0.1, 0.15) is 11.5 Å². The quantitative estimate of drug-likeness (QED) is 0.751. The lowest BCUT2D eigenvalue weighted by atomic mass is 10.1. The van der Waals surface area contributed by atoms with E-state index in [-0.39, 0.29) is 5.91 Å². The first-order valence-corrected chi connectivity index (χ1v) is 7.72. The van der Waals surface area contributed by atoms with Crippen molar-refractivity contribution in [2.24, 2.45) is 0 Å². The molecule has 0 radical (unpaired) electrons. The van der Waals surface area contributed by atoms with Crippen LogP contribution in [0, 0.1) is 0 Å². The second-order valence-electron chi connectivity index (χ2n) is 5.32. The van der Waals surface area contributed by atoms with Crippen molar-refractivity contribution in [2.75, 3.05) is 0 Å². The van der Waals surface area contributed by atoms with Crippen LogP contribution in [0.4, 0.5) is 0 Å². The summed E-state index contributed by atoms with van der Waals surface area (Å²) in [7, 11) is 0. The van der Waals surface area contributed by atoms with E-state index in [0.29, 0.717) is 18.7 Å². The predicted octanol–water partition coefficient (Wildman–Crippen LogP) is 3.91. The van der Waals surface area contributed by atoms with Gasteiger partial charge >= 0.3 is 0 Å². The maximum Gasteiger partial charge on any atom is 0.261 e. The van der Waals surface area contributed by atoms with Gasteiger partial charge in [0.05, 0.1) is 12.8 Å². The Hall–Kier alpha value is -2.75. The lowest BCUT2D eigenvalue weighted by molar-refractivity contribution is -0.128. The molecule has 0 saturated heterocycles. The fourth-order valence-electron chi connectivity index (χ4n) is 2.43. The van der Waals surface area contributed by atoms with Gasteiger partial charge in [-0.1, -0.05) is 37.3 Å². The summed E-state index contributed by atoms with van der Waals surface area (Å²) < 4.78 is 11.1. The molecule has 1 unspecified atom stereocenters. The van der Waals surface area contributed by atoms with Crippen molar-refractivity contribution in [1.82, 2.24) is 5.32 Å². The van der Waals surface area contributed by atoms with Gasteiger partial charge in [-0.05, 0) is 41.5 Å². The Labute approximate surface area is 135 Å².